The van der Waals surface area contributed by atoms with E-state index < -0.39 is 5.97 Å². The predicted octanol–water partition coefficient (Wildman–Crippen LogP) is 8.11. The molecule has 0 aliphatic heterocycles. The van der Waals surface area contributed by atoms with Crippen molar-refractivity contribution in [2.24, 2.45) is 0 Å². The molecule has 0 saturated carbocycles. The summed E-state index contributed by atoms with van der Waals surface area (Å²) in [5.74, 6) is -1.08. The van der Waals surface area contributed by atoms with Crippen molar-refractivity contribution in [1.82, 2.24) is 0 Å². The maximum Gasteiger partial charge on any atom is 0.194 e. The van der Waals surface area contributed by atoms with Gasteiger partial charge in [-0.25, -0.2) is 0 Å². The number of hydrogen-bond acceptors (Lipinski definition) is 2. The van der Waals surface area contributed by atoms with E-state index in [1.165, 1.54) is 14.7 Å². The van der Waals surface area contributed by atoms with E-state index in [1.807, 2.05) is 6.07 Å². The zero-order valence-corrected chi connectivity index (χ0v) is 25.0. The number of rotatable bonds is 3. The van der Waals surface area contributed by atoms with Gasteiger partial charge in [0, 0.05) is 14.9 Å². The minimum atomic E-state index is -1.08. The third kappa shape index (κ3) is 7.19. The minimum Gasteiger partial charge on any atom is -0.550 e. The lowest BCUT2D eigenvalue weighted by atomic mass is 10.3. The van der Waals surface area contributed by atoms with E-state index in [2.05, 4.69) is 144 Å². The molecule has 9 heteroatoms. The second-order valence-corrected chi connectivity index (χ2v) is 12.7. The molecule has 0 aromatic heterocycles. The molecule has 2 nitrogen and oxygen atoms in total. The molecular weight excluding hydrogens is 784 g/mol. The van der Waals surface area contributed by atoms with Crippen LogP contribution < -0.4 is 5.11 Å². The fourth-order valence-corrected chi connectivity index (χ4v) is 10.9. The van der Waals surface area contributed by atoms with Crippen molar-refractivity contribution in [3.8, 4) is 0 Å². The molecule has 0 spiro atoms. The molecule has 0 atom stereocenters. The summed E-state index contributed by atoms with van der Waals surface area (Å²) in [5.41, 5.74) is 0. The third-order valence-electron chi connectivity index (χ3n) is 3.31. The third-order valence-corrected chi connectivity index (χ3v) is 10.2. The Hall–Kier alpha value is 0.360. The van der Waals surface area contributed by atoms with Crippen molar-refractivity contribution in [1.29, 1.82) is 0 Å². The van der Waals surface area contributed by atoms with Crippen molar-refractivity contribution in [2.75, 3.05) is 0 Å². The van der Waals surface area contributed by atoms with Crippen molar-refractivity contribution >= 4 is 112 Å². The van der Waals surface area contributed by atoms with E-state index in [0.717, 1.165) is 33.8 Å². The van der Waals surface area contributed by atoms with Crippen molar-refractivity contribution in [3.05, 3.63) is 81.4 Å². The zero-order chi connectivity index (χ0) is 21.7. The number of carboxylic acids is 1. The number of carboxylic acid groups (broad SMARTS) is 1. The molecular formula is C20H12Br6O2S. The molecule has 3 aromatic carbocycles. The molecule has 3 rings (SSSR count). The van der Waals surface area contributed by atoms with Crippen molar-refractivity contribution < 1.29 is 9.90 Å². The van der Waals surface area contributed by atoms with Crippen LogP contribution in [0.3, 0.4) is 0 Å². The average molecular weight is 796 g/mol. The van der Waals surface area contributed by atoms with E-state index in [4.69, 9.17) is 9.90 Å². The van der Waals surface area contributed by atoms with Crippen molar-refractivity contribution in [3.63, 3.8) is 0 Å². The second kappa shape index (κ2) is 11.8. The molecule has 0 amide bonds. The summed E-state index contributed by atoms with van der Waals surface area (Å²) in [6.07, 6.45) is 0. The first-order valence-corrected chi connectivity index (χ1v) is 13.9. The van der Waals surface area contributed by atoms with Gasteiger partial charge in [-0.3, -0.25) is 0 Å². The lowest BCUT2D eigenvalue weighted by Gasteiger charge is -2.14. The van der Waals surface area contributed by atoms with E-state index >= 15 is 0 Å². The Morgan fingerprint density at radius 1 is 0.724 bits per heavy atom. The van der Waals surface area contributed by atoms with Gasteiger partial charge in [0.15, 0.2) is 14.7 Å². The largest absolute Gasteiger partial charge is 0.550 e. The Morgan fingerprint density at radius 2 is 1.03 bits per heavy atom. The average Bonchev–Trinajstić information content (AvgIpc) is 2.59. The first-order valence-electron chi connectivity index (χ1n) is 7.87. The van der Waals surface area contributed by atoms with Crippen LogP contribution in [-0.2, 0) is 15.7 Å². The van der Waals surface area contributed by atoms with E-state index in [9.17, 15) is 0 Å². The fraction of sp³-hybridized carbons (Fsp3) is 0.0500. The highest BCUT2D eigenvalue weighted by Crippen LogP contribution is 2.46. The minimum absolute atomic E-state index is 0.307. The number of aliphatic carboxylic acids is 1. The predicted molar refractivity (Wildman–Crippen MR) is 138 cm³/mol. The maximum atomic E-state index is 8.89. The van der Waals surface area contributed by atoms with Gasteiger partial charge in [-0.15, -0.1) is 0 Å². The topological polar surface area (TPSA) is 40.1 Å². The molecule has 0 aliphatic rings. The SMILES string of the molecule is Brc1cc(Br)c([S+](c2ccccc2)c2c(Br)cc(Br)cc2Br)c(Br)c1.CC(=O)[O-]. The van der Waals surface area contributed by atoms with Crippen LogP contribution in [0.15, 0.2) is 96.1 Å². The maximum absolute atomic E-state index is 8.89. The Kier molecular flexibility index (Phi) is 10.5. The zero-order valence-electron chi connectivity index (χ0n) is 14.7. The van der Waals surface area contributed by atoms with Crippen LogP contribution in [0.5, 0.6) is 0 Å². The summed E-state index contributed by atoms with van der Waals surface area (Å²) < 4.78 is 6.29. The highest BCUT2D eigenvalue weighted by atomic mass is 79.9. The van der Waals surface area contributed by atoms with Gasteiger partial charge in [-0.05, 0) is 107 Å². The molecule has 29 heavy (non-hydrogen) atoms. The smallest absolute Gasteiger partial charge is 0.194 e. The lowest BCUT2D eigenvalue weighted by Crippen LogP contribution is -2.16. The number of benzene rings is 3. The fourth-order valence-electron chi connectivity index (χ4n) is 2.34. The normalized spacial score (nSPS) is 10.5. The highest BCUT2D eigenvalue weighted by Gasteiger charge is 2.37. The van der Waals surface area contributed by atoms with E-state index in [1.54, 1.807) is 0 Å². The van der Waals surface area contributed by atoms with Crippen LogP contribution >= 0.6 is 95.6 Å². The van der Waals surface area contributed by atoms with Crippen LogP contribution in [0.25, 0.3) is 0 Å². The quantitative estimate of drug-likeness (QED) is 0.252. The Morgan fingerprint density at radius 3 is 1.34 bits per heavy atom. The molecule has 0 saturated heterocycles. The second-order valence-electron chi connectivity index (χ2n) is 5.51. The standard InChI is InChI=1S/C18H9Br6S.C2H4O2/c19-10-6-13(21)17(14(22)7-10)25(12-4-2-1-3-5-12)18-15(23)8-11(20)9-16(18)24;1-2(3)4/h1-9H;1H3,(H,3,4)/q+1;/p-1. The lowest BCUT2D eigenvalue weighted by molar-refractivity contribution is -0.302. The highest BCUT2D eigenvalue weighted by molar-refractivity contribution is 9.12. The molecule has 0 aliphatic carbocycles. The van der Waals surface area contributed by atoms with Gasteiger partial charge in [0.25, 0.3) is 0 Å². The Bertz CT molecular complexity index is 919. The molecule has 0 heterocycles. The van der Waals surface area contributed by atoms with Crippen LogP contribution in [0.4, 0.5) is 0 Å². The summed E-state index contributed by atoms with van der Waals surface area (Å²) in [5, 5.41) is 8.89. The van der Waals surface area contributed by atoms with Crippen LogP contribution in [0.1, 0.15) is 6.92 Å². The van der Waals surface area contributed by atoms with Gasteiger partial charge in [0.1, 0.15) is 10.9 Å². The molecule has 0 radical (unpaired) electrons. The van der Waals surface area contributed by atoms with Crippen LogP contribution in [-0.4, -0.2) is 5.97 Å². The summed E-state index contributed by atoms with van der Waals surface area (Å²) in [6, 6.07) is 18.9. The van der Waals surface area contributed by atoms with E-state index in [-0.39, 0.29) is 10.9 Å². The van der Waals surface area contributed by atoms with Gasteiger partial charge in [0.2, 0.25) is 0 Å². The molecule has 0 unspecified atom stereocenters. The molecule has 0 N–H and O–H groups in total. The molecule has 3 aromatic rings. The van der Waals surface area contributed by atoms with Gasteiger partial charge in [-0.1, -0.05) is 50.1 Å². The van der Waals surface area contributed by atoms with Crippen LogP contribution in [0, 0.1) is 0 Å². The molecule has 0 fully saturated rings. The van der Waals surface area contributed by atoms with Gasteiger partial charge < -0.3 is 9.90 Å². The Balaban J connectivity index is 0.000000687. The summed E-state index contributed by atoms with van der Waals surface area (Å²) >= 11 is 22.2. The summed E-state index contributed by atoms with van der Waals surface area (Å²) in [4.78, 5) is 12.5. The first kappa shape index (κ1) is 25.6. The number of carbonyl (C=O) groups is 1. The van der Waals surface area contributed by atoms with E-state index in [0.29, 0.717) is 0 Å². The first-order chi connectivity index (χ1) is 13.6. The molecule has 0 bridgehead atoms. The van der Waals surface area contributed by atoms with Crippen molar-refractivity contribution in [2.45, 2.75) is 21.6 Å². The van der Waals surface area contributed by atoms with Crippen LogP contribution in [0.2, 0.25) is 0 Å². The monoisotopic (exact) mass is 790 g/mol. The van der Waals surface area contributed by atoms with Gasteiger partial charge >= 0.3 is 0 Å². The summed E-state index contributed by atoms with van der Waals surface area (Å²) in [7, 11) is -0.307. The molecule has 152 valence electrons. The van der Waals surface area contributed by atoms with Gasteiger partial charge in [0.05, 0.1) is 17.9 Å². The number of halogens is 6. The summed E-state index contributed by atoms with van der Waals surface area (Å²) in [6.45, 7) is 0.972. The Labute approximate surface area is 223 Å². The number of carbonyl (C=O) groups excluding carboxylic acids is 1. The van der Waals surface area contributed by atoms with Gasteiger partial charge in [-0.2, -0.15) is 0 Å². The number of hydrogen-bond donors (Lipinski definition) is 0.